The monoisotopic (exact) mass is 1410 g/mol. The maximum atomic E-state index is 15.1. The summed E-state index contributed by atoms with van der Waals surface area (Å²) < 4.78 is 352. The molecule has 0 saturated carbocycles. The van der Waals surface area contributed by atoms with E-state index in [9.17, 15) is 68.5 Å². The van der Waals surface area contributed by atoms with E-state index in [0.717, 1.165) is 112 Å². The number of benzene rings is 10. The average Bonchev–Trinajstić information content (AvgIpc) is 1.55. The molecule has 0 amide bonds. The van der Waals surface area contributed by atoms with Crippen LogP contribution in [0.15, 0.2) is 176 Å². The molecule has 0 N–H and O–H groups in total. The van der Waals surface area contributed by atoms with Gasteiger partial charge in [0.15, 0.2) is 0 Å². The minimum atomic E-state index is -5.56. The van der Waals surface area contributed by atoms with Gasteiger partial charge in [-0.05, 0) is 159 Å². The van der Waals surface area contributed by atoms with Gasteiger partial charge in [0.1, 0.15) is 11.6 Å². The van der Waals surface area contributed by atoms with Gasteiger partial charge >= 0.3 is 49.4 Å². The van der Waals surface area contributed by atoms with Crippen molar-refractivity contribution in [1.29, 1.82) is 15.8 Å². The van der Waals surface area contributed by atoms with Crippen LogP contribution >= 0.6 is 0 Å². The molecule has 0 unspecified atom stereocenters. The van der Waals surface area contributed by atoms with Gasteiger partial charge in [-0.1, -0.05) is 72.8 Å². The van der Waals surface area contributed by atoms with E-state index >= 15 is 52.7 Å². The standard InChI is InChI=1S/C71H29F24N5/c72-64(73,74)41-5-13-45(54(26-41)68(84,85)86)35-1-9-49-50-10-2-36(46-14-6-42(65(75,76)77)27-55(46)69(87,88)89)21-59(50)99(58(49)20-35)62-24-40(39-18-33(30-96)17-34(19-39)31-97)25-63(53(62)32-98)100-60-22-37(47-15-7-43(66(78,79)80)28-56(47)70(90,91)92)3-11-51(60)52-12-4-38(23-61(52)100)48-16-8-44(67(81,82)83)29-57(48)71(93,94)95/h1-29H. The van der Waals surface area contributed by atoms with Gasteiger partial charge in [-0.2, -0.15) is 121 Å². The van der Waals surface area contributed by atoms with Crippen LogP contribution in [0.2, 0.25) is 0 Å². The predicted molar refractivity (Wildman–Crippen MR) is 316 cm³/mol. The highest BCUT2D eigenvalue weighted by Gasteiger charge is 2.43. The van der Waals surface area contributed by atoms with E-state index < -0.39 is 155 Å². The van der Waals surface area contributed by atoms with E-state index in [1.807, 2.05) is 18.2 Å². The Balaban J connectivity index is 1.28. The van der Waals surface area contributed by atoms with Gasteiger partial charge < -0.3 is 9.13 Å². The lowest BCUT2D eigenvalue weighted by molar-refractivity contribution is -0.144. The number of halogens is 24. The number of fused-ring (bicyclic) bond motifs is 6. The third-order valence-electron chi connectivity index (χ3n) is 16.6. The smallest absolute Gasteiger partial charge is 0.308 e. The highest BCUT2D eigenvalue weighted by atomic mass is 19.4. The molecule has 0 bridgehead atoms. The lowest BCUT2D eigenvalue weighted by Gasteiger charge is -2.20. The lowest BCUT2D eigenvalue weighted by atomic mass is 9.95. The average molecular weight is 1410 g/mol. The van der Waals surface area contributed by atoms with Crippen molar-refractivity contribution in [2.45, 2.75) is 49.4 Å². The highest BCUT2D eigenvalue weighted by molar-refractivity contribution is 6.13. The second-order valence-electron chi connectivity index (χ2n) is 22.6. The molecule has 0 atom stereocenters. The second kappa shape index (κ2) is 23.4. The van der Waals surface area contributed by atoms with Crippen LogP contribution in [0, 0.1) is 34.0 Å². The molecule has 0 aliphatic rings. The molecular weight excluding hydrogens is 1380 g/mol. The van der Waals surface area contributed by atoms with Gasteiger partial charge in [0, 0.05) is 21.5 Å². The molecule has 2 aromatic heterocycles. The molecular formula is C71H29F24N5. The molecule has 10 aromatic carbocycles. The fraction of sp³-hybridized carbons (Fsp3) is 0.113. The zero-order chi connectivity index (χ0) is 72.7. The van der Waals surface area contributed by atoms with Gasteiger partial charge in [-0.3, -0.25) is 0 Å². The predicted octanol–water partition coefficient (Wildman–Crippen LogP) is 24.0. The Hall–Kier alpha value is -11.4. The van der Waals surface area contributed by atoms with Gasteiger partial charge in [0.25, 0.3) is 0 Å². The van der Waals surface area contributed by atoms with E-state index in [2.05, 4.69) is 0 Å². The molecule has 0 radical (unpaired) electrons. The van der Waals surface area contributed by atoms with Crippen LogP contribution in [0.4, 0.5) is 105 Å². The molecule has 0 aliphatic heterocycles. The molecule has 0 spiro atoms. The van der Waals surface area contributed by atoms with Crippen LogP contribution in [-0.2, 0) is 49.4 Å². The Bertz CT molecular complexity index is 4940. The Kier molecular flexibility index (Phi) is 16.0. The van der Waals surface area contributed by atoms with Gasteiger partial charge in [0.05, 0.1) is 101 Å². The minimum absolute atomic E-state index is 0.108. The molecule has 0 aliphatic carbocycles. The molecule has 0 fully saturated rings. The maximum Gasteiger partial charge on any atom is 0.417 e. The van der Waals surface area contributed by atoms with Crippen LogP contribution < -0.4 is 0 Å². The number of aromatic nitrogens is 2. The molecule has 12 rings (SSSR count). The summed E-state index contributed by atoms with van der Waals surface area (Å²) in [6.45, 7) is 0. The molecule has 29 heteroatoms. The van der Waals surface area contributed by atoms with Gasteiger partial charge in [0.2, 0.25) is 0 Å². The first-order valence-corrected chi connectivity index (χ1v) is 28.3. The molecule has 2 heterocycles. The first-order chi connectivity index (χ1) is 46.5. The van der Waals surface area contributed by atoms with Crippen molar-refractivity contribution in [3.8, 4) is 85.2 Å². The summed E-state index contributed by atoms with van der Waals surface area (Å²) in [6.07, 6.45) is -43.7. The summed E-state index contributed by atoms with van der Waals surface area (Å²) in [4.78, 5) is 0. The highest BCUT2D eigenvalue weighted by Crippen LogP contribution is 2.50. The fourth-order valence-electron chi connectivity index (χ4n) is 12.2. The van der Waals surface area contributed by atoms with E-state index in [1.54, 1.807) is 0 Å². The lowest BCUT2D eigenvalue weighted by Crippen LogP contribution is -2.12. The van der Waals surface area contributed by atoms with Crippen molar-refractivity contribution in [3.63, 3.8) is 0 Å². The van der Waals surface area contributed by atoms with Crippen molar-refractivity contribution < 1.29 is 105 Å². The number of nitrogens with zero attached hydrogens (tertiary/aromatic N) is 5. The van der Waals surface area contributed by atoms with E-state index in [-0.39, 0.29) is 90.1 Å². The van der Waals surface area contributed by atoms with Crippen LogP contribution in [-0.4, -0.2) is 9.13 Å². The van der Waals surface area contributed by atoms with Crippen LogP contribution in [0.1, 0.15) is 61.2 Å². The topological polar surface area (TPSA) is 81.2 Å². The van der Waals surface area contributed by atoms with Crippen molar-refractivity contribution in [2.24, 2.45) is 0 Å². The quantitative estimate of drug-likeness (QED) is 0.149. The van der Waals surface area contributed by atoms with E-state index in [0.29, 0.717) is 48.5 Å². The zero-order valence-corrected chi connectivity index (χ0v) is 49.1. The molecule has 12 aromatic rings. The number of rotatable bonds is 7. The van der Waals surface area contributed by atoms with Crippen molar-refractivity contribution in [3.05, 3.63) is 237 Å². The fourth-order valence-corrected chi connectivity index (χ4v) is 12.2. The Morgan fingerprint density at radius 2 is 0.470 bits per heavy atom. The number of alkyl halides is 24. The second-order valence-corrected chi connectivity index (χ2v) is 22.6. The largest absolute Gasteiger partial charge is 0.417 e. The Morgan fingerprint density at radius 3 is 0.680 bits per heavy atom. The Labute approximate surface area is 544 Å². The SMILES string of the molecule is N#Cc1cc(C#N)cc(-c2cc(-n3c4cc(-c5ccc(C(F)(F)F)cc5C(F)(F)F)ccc4c4ccc(-c5ccc(C(F)(F)F)cc5C(F)(F)F)cc43)c(C#N)c(-n3c4cc(-c5ccc(C(F)(F)F)cc5C(F)(F)F)ccc4c4ccc(-c5ccc(C(F)(F)F)cc5C(F)(F)F)cc43)c2)c1. The number of nitriles is 3. The molecule has 5 nitrogen and oxygen atoms in total. The third kappa shape index (κ3) is 12.4. The first kappa shape index (κ1) is 68.5. The van der Waals surface area contributed by atoms with E-state index in [4.69, 9.17) is 0 Å². The summed E-state index contributed by atoms with van der Waals surface area (Å²) in [5.74, 6) is 0. The van der Waals surface area contributed by atoms with Gasteiger partial charge in [-0.15, -0.1) is 0 Å². The van der Waals surface area contributed by atoms with Crippen molar-refractivity contribution in [2.75, 3.05) is 0 Å². The minimum Gasteiger partial charge on any atom is -0.308 e. The number of hydrogen-bond acceptors (Lipinski definition) is 3. The Morgan fingerprint density at radius 1 is 0.230 bits per heavy atom. The zero-order valence-electron chi connectivity index (χ0n) is 49.1. The molecule has 506 valence electrons. The molecule has 0 saturated heterocycles. The number of hydrogen-bond donors (Lipinski definition) is 0. The van der Waals surface area contributed by atoms with Crippen LogP contribution in [0.5, 0.6) is 0 Å². The van der Waals surface area contributed by atoms with Crippen LogP contribution in [0.25, 0.3) is 111 Å². The summed E-state index contributed by atoms with van der Waals surface area (Å²) in [5.41, 5.74) is -25.0. The first-order valence-electron chi connectivity index (χ1n) is 28.3. The summed E-state index contributed by atoms with van der Waals surface area (Å²) >= 11 is 0. The van der Waals surface area contributed by atoms with Crippen molar-refractivity contribution >= 4 is 43.6 Å². The molecule has 100 heavy (non-hydrogen) atoms. The maximum absolute atomic E-state index is 15.1. The van der Waals surface area contributed by atoms with Gasteiger partial charge in [-0.25, -0.2) is 0 Å². The summed E-state index contributed by atoms with van der Waals surface area (Å²) in [7, 11) is 0. The van der Waals surface area contributed by atoms with Crippen LogP contribution in [0.3, 0.4) is 0 Å². The third-order valence-corrected chi connectivity index (χ3v) is 16.6. The van der Waals surface area contributed by atoms with Crippen molar-refractivity contribution in [1.82, 2.24) is 9.13 Å². The summed E-state index contributed by atoms with van der Waals surface area (Å²) in [6, 6.07) is 25.5. The summed E-state index contributed by atoms with van der Waals surface area (Å²) in [5, 5.41) is 32.0. The van der Waals surface area contributed by atoms with E-state index in [1.165, 1.54) is 0 Å². The normalized spacial score (nSPS) is 13.0.